The zero-order valence-corrected chi connectivity index (χ0v) is 13.1. The Balaban J connectivity index is 1.89. The van der Waals surface area contributed by atoms with Crippen LogP contribution in [-0.2, 0) is 6.54 Å². The third-order valence-electron chi connectivity index (χ3n) is 3.60. The SMILES string of the molecule is CC1CNc2ccccc2N1Cc1ccc(I)cc1. The lowest BCUT2D eigenvalue weighted by molar-refractivity contribution is 0.641. The van der Waals surface area contributed by atoms with Crippen LogP contribution in [0.25, 0.3) is 0 Å². The summed E-state index contributed by atoms with van der Waals surface area (Å²) in [7, 11) is 0. The Kier molecular flexibility index (Phi) is 3.64. The maximum atomic E-state index is 3.49. The second-order valence-corrected chi connectivity index (χ2v) is 6.25. The highest BCUT2D eigenvalue weighted by molar-refractivity contribution is 14.1. The van der Waals surface area contributed by atoms with Gasteiger partial charge < -0.3 is 10.2 Å². The number of rotatable bonds is 2. The maximum Gasteiger partial charge on any atom is 0.0608 e. The number of para-hydroxylation sites is 2. The number of fused-ring (bicyclic) bond motifs is 1. The van der Waals surface area contributed by atoms with E-state index in [0.717, 1.165) is 13.1 Å². The van der Waals surface area contributed by atoms with Gasteiger partial charge in [0, 0.05) is 22.7 Å². The van der Waals surface area contributed by atoms with Gasteiger partial charge in [0.25, 0.3) is 0 Å². The largest absolute Gasteiger partial charge is 0.381 e. The Morgan fingerprint density at radius 2 is 1.89 bits per heavy atom. The number of hydrogen-bond acceptors (Lipinski definition) is 2. The van der Waals surface area contributed by atoms with Crippen molar-refractivity contribution in [2.24, 2.45) is 0 Å². The van der Waals surface area contributed by atoms with Crippen LogP contribution in [0, 0.1) is 3.57 Å². The molecule has 0 saturated carbocycles. The van der Waals surface area contributed by atoms with Crippen LogP contribution in [-0.4, -0.2) is 12.6 Å². The molecule has 0 radical (unpaired) electrons. The topological polar surface area (TPSA) is 15.3 Å². The van der Waals surface area contributed by atoms with Gasteiger partial charge in [-0.05, 0) is 59.3 Å². The molecule has 0 fully saturated rings. The number of nitrogens with zero attached hydrogens (tertiary/aromatic N) is 1. The molecule has 1 atom stereocenters. The fourth-order valence-electron chi connectivity index (χ4n) is 2.51. The molecule has 2 aromatic rings. The third-order valence-corrected chi connectivity index (χ3v) is 4.32. The van der Waals surface area contributed by atoms with E-state index < -0.39 is 0 Å². The minimum atomic E-state index is 0.508. The van der Waals surface area contributed by atoms with Crippen molar-refractivity contribution in [3.63, 3.8) is 0 Å². The van der Waals surface area contributed by atoms with Crippen molar-refractivity contribution in [3.8, 4) is 0 Å². The van der Waals surface area contributed by atoms with Crippen LogP contribution >= 0.6 is 22.6 Å². The molecule has 1 N–H and O–H groups in total. The van der Waals surface area contributed by atoms with Gasteiger partial charge in [-0.1, -0.05) is 24.3 Å². The maximum absolute atomic E-state index is 3.49. The molecule has 19 heavy (non-hydrogen) atoms. The van der Waals surface area contributed by atoms with Crippen LogP contribution in [0.1, 0.15) is 12.5 Å². The van der Waals surface area contributed by atoms with Gasteiger partial charge in [-0.25, -0.2) is 0 Å². The van der Waals surface area contributed by atoms with Crippen molar-refractivity contribution in [1.29, 1.82) is 0 Å². The molecule has 1 unspecified atom stereocenters. The molecule has 1 aliphatic heterocycles. The lowest BCUT2D eigenvalue weighted by Gasteiger charge is -2.37. The zero-order chi connectivity index (χ0) is 13.2. The average molecular weight is 364 g/mol. The van der Waals surface area contributed by atoms with E-state index in [9.17, 15) is 0 Å². The van der Waals surface area contributed by atoms with E-state index in [1.807, 2.05) is 0 Å². The molecule has 0 bridgehead atoms. The summed E-state index contributed by atoms with van der Waals surface area (Å²) in [5.41, 5.74) is 3.91. The van der Waals surface area contributed by atoms with E-state index in [1.54, 1.807) is 0 Å². The van der Waals surface area contributed by atoms with Gasteiger partial charge in [-0.3, -0.25) is 0 Å². The summed E-state index contributed by atoms with van der Waals surface area (Å²) >= 11 is 2.35. The van der Waals surface area contributed by atoms with E-state index in [4.69, 9.17) is 0 Å². The number of benzene rings is 2. The number of anilines is 2. The molecule has 3 heteroatoms. The first kappa shape index (κ1) is 12.8. The van der Waals surface area contributed by atoms with Gasteiger partial charge in [0.15, 0.2) is 0 Å². The molecule has 2 nitrogen and oxygen atoms in total. The normalized spacial score (nSPS) is 17.8. The van der Waals surface area contributed by atoms with Crippen molar-refractivity contribution in [2.45, 2.75) is 19.5 Å². The molecule has 1 heterocycles. The predicted molar refractivity (Wildman–Crippen MR) is 89.7 cm³/mol. The van der Waals surface area contributed by atoms with E-state index in [-0.39, 0.29) is 0 Å². The van der Waals surface area contributed by atoms with Gasteiger partial charge in [-0.15, -0.1) is 0 Å². The summed E-state index contributed by atoms with van der Waals surface area (Å²) in [5, 5.41) is 3.49. The van der Waals surface area contributed by atoms with Crippen molar-refractivity contribution >= 4 is 34.0 Å². The molecule has 0 aliphatic carbocycles. The van der Waals surface area contributed by atoms with E-state index in [2.05, 4.69) is 88.3 Å². The highest BCUT2D eigenvalue weighted by Crippen LogP contribution is 2.32. The number of nitrogens with one attached hydrogen (secondary N) is 1. The van der Waals surface area contributed by atoms with Crippen molar-refractivity contribution < 1.29 is 0 Å². The first-order valence-corrected chi connectivity index (χ1v) is 7.66. The smallest absolute Gasteiger partial charge is 0.0608 e. The summed E-state index contributed by atoms with van der Waals surface area (Å²) in [6.45, 7) is 4.24. The second-order valence-electron chi connectivity index (χ2n) is 5.00. The van der Waals surface area contributed by atoms with Crippen molar-refractivity contribution in [1.82, 2.24) is 0 Å². The minimum Gasteiger partial charge on any atom is -0.381 e. The molecule has 1 aliphatic rings. The van der Waals surface area contributed by atoms with Crippen molar-refractivity contribution in [3.05, 3.63) is 57.7 Å². The molecule has 0 amide bonds. The summed E-state index contributed by atoms with van der Waals surface area (Å²) in [6.07, 6.45) is 0. The molecule has 0 saturated heterocycles. The van der Waals surface area contributed by atoms with Crippen molar-refractivity contribution in [2.75, 3.05) is 16.8 Å². The Labute approximate surface area is 128 Å². The van der Waals surface area contributed by atoms with Gasteiger partial charge in [0.2, 0.25) is 0 Å². The van der Waals surface area contributed by atoms with Crippen LogP contribution < -0.4 is 10.2 Å². The average Bonchev–Trinajstić information content (AvgIpc) is 2.44. The molecular formula is C16H17IN2. The first-order chi connectivity index (χ1) is 9.24. The summed E-state index contributed by atoms with van der Waals surface area (Å²) in [6, 6.07) is 17.9. The second kappa shape index (κ2) is 5.41. The standard InChI is InChI=1S/C16H17IN2/c1-12-10-18-15-4-2-3-5-16(15)19(12)11-13-6-8-14(17)9-7-13/h2-9,12,18H,10-11H2,1H3. The van der Waals surface area contributed by atoms with Crippen LogP contribution in [0.15, 0.2) is 48.5 Å². The van der Waals surface area contributed by atoms with Crippen LogP contribution in [0.2, 0.25) is 0 Å². The molecular weight excluding hydrogens is 347 g/mol. The Morgan fingerprint density at radius 3 is 2.68 bits per heavy atom. The Morgan fingerprint density at radius 1 is 1.16 bits per heavy atom. The van der Waals surface area contributed by atoms with E-state index in [1.165, 1.54) is 20.5 Å². The highest BCUT2D eigenvalue weighted by atomic mass is 127. The fraction of sp³-hybridized carbons (Fsp3) is 0.250. The summed E-state index contributed by atoms with van der Waals surface area (Å²) < 4.78 is 1.29. The quantitative estimate of drug-likeness (QED) is 0.807. The van der Waals surface area contributed by atoms with Gasteiger partial charge in [-0.2, -0.15) is 0 Å². The zero-order valence-electron chi connectivity index (χ0n) is 10.9. The summed E-state index contributed by atoms with van der Waals surface area (Å²) in [5.74, 6) is 0. The molecule has 0 aromatic heterocycles. The van der Waals surface area contributed by atoms with Gasteiger partial charge in [0.05, 0.1) is 11.4 Å². The van der Waals surface area contributed by atoms with Crippen LogP contribution in [0.3, 0.4) is 0 Å². The lowest BCUT2D eigenvalue weighted by Crippen LogP contribution is -2.41. The highest BCUT2D eigenvalue weighted by Gasteiger charge is 2.22. The summed E-state index contributed by atoms with van der Waals surface area (Å²) in [4.78, 5) is 2.48. The van der Waals surface area contributed by atoms with Crippen LogP contribution in [0.4, 0.5) is 11.4 Å². The molecule has 2 aromatic carbocycles. The minimum absolute atomic E-state index is 0.508. The predicted octanol–water partition coefficient (Wildman–Crippen LogP) is 4.11. The molecule has 0 spiro atoms. The number of halogens is 1. The lowest BCUT2D eigenvalue weighted by atomic mass is 10.1. The molecule has 3 rings (SSSR count). The monoisotopic (exact) mass is 364 g/mol. The first-order valence-electron chi connectivity index (χ1n) is 6.58. The van der Waals surface area contributed by atoms with Gasteiger partial charge >= 0.3 is 0 Å². The van der Waals surface area contributed by atoms with Crippen LogP contribution in [0.5, 0.6) is 0 Å². The number of hydrogen-bond donors (Lipinski definition) is 1. The fourth-order valence-corrected chi connectivity index (χ4v) is 2.87. The van der Waals surface area contributed by atoms with E-state index in [0.29, 0.717) is 6.04 Å². The molecule has 98 valence electrons. The third kappa shape index (κ3) is 2.71. The Hall–Kier alpha value is -1.23. The van der Waals surface area contributed by atoms with E-state index >= 15 is 0 Å². The van der Waals surface area contributed by atoms with Gasteiger partial charge in [0.1, 0.15) is 0 Å². The Bertz CT molecular complexity index is 565.